The molecule has 0 aliphatic carbocycles. The Balaban J connectivity index is 2.30. The molecule has 5 nitrogen and oxygen atoms in total. The number of aliphatic carboxylic acids is 1. The Morgan fingerprint density at radius 1 is 1.32 bits per heavy atom. The van der Waals surface area contributed by atoms with Crippen LogP contribution in [0.5, 0.6) is 0 Å². The fourth-order valence-electron chi connectivity index (χ4n) is 1.42. The number of ether oxygens (including phenoxy) is 1. The first-order valence-corrected chi connectivity index (χ1v) is 6.40. The zero-order valence-corrected chi connectivity index (χ0v) is 11.1. The molecule has 0 bridgehead atoms. The lowest BCUT2D eigenvalue weighted by molar-refractivity contribution is -0.137. The van der Waals surface area contributed by atoms with Gasteiger partial charge < -0.3 is 15.2 Å². The van der Waals surface area contributed by atoms with Crippen molar-refractivity contribution >= 4 is 23.7 Å². The molecule has 1 amide bonds. The van der Waals surface area contributed by atoms with Gasteiger partial charge in [-0.25, -0.2) is 4.79 Å². The Bertz CT molecular complexity index is 410. The number of carbonyl (C=O) groups excluding carboxylic acids is 1. The number of alkyl halides is 1. The van der Waals surface area contributed by atoms with Crippen molar-refractivity contribution in [3.63, 3.8) is 0 Å². The summed E-state index contributed by atoms with van der Waals surface area (Å²) >= 11 is 5.65. The molecule has 0 spiro atoms. The normalized spacial score (nSPS) is 11.6. The number of benzene rings is 1. The van der Waals surface area contributed by atoms with Crippen molar-refractivity contribution in [2.45, 2.75) is 25.5 Å². The van der Waals surface area contributed by atoms with Crippen LogP contribution in [0.2, 0.25) is 0 Å². The maximum Gasteiger partial charge on any atom is 0.407 e. The van der Waals surface area contributed by atoms with E-state index in [0.29, 0.717) is 0 Å². The molecule has 0 radical (unpaired) electrons. The number of nitrogens with one attached hydrogen (secondary N) is 1. The molecule has 0 aliphatic rings. The van der Waals surface area contributed by atoms with Gasteiger partial charge in [0.15, 0.2) is 0 Å². The molecule has 6 heteroatoms. The standard InChI is InChI=1S/C13H16ClNO4/c14-8-11(6-7-12(16)17)15-13(18)19-9-10-4-2-1-3-5-10/h1-5,11H,6-9H2,(H,15,18)(H,16,17). The van der Waals surface area contributed by atoms with Crippen molar-refractivity contribution in [1.29, 1.82) is 0 Å². The van der Waals surface area contributed by atoms with Gasteiger partial charge in [-0.2, -0.15) is 0 Å². The third kappa shape index (κ3) is 6.67. The van der Waals surface area contributed by atoms with E-state index >= 15 is 0 Å². The van der Waals surface area contributed by atoms with Gasteiger partial charge in [-0.05, 0) is 12.0 Å². The molecule has 0 heterocycles. The smallest absolute Gasteiger partial charge is 0.407 e. The number of alkyl carbamates (subject to hydrolysis) is 1. The Kier molecular flexibility index (Phi) is 6.74. The first-order chi connectivity index (χ1) is 9.11. The first kappa shape index (κ1) is 15.3. The van der Waals surface area contributed by atoms with E-state index in [9.17, 15) is 9.59 Å². The maximum atomic E-state index is 11.5. The molecular weight excluding hydrogens is 270 g/mol. The number of hydrogen-bond donors (Lipinski definition) is 2. The highest BCUT2D eigenvalue weighted by Gasteiger charge is 2.13. The molecule has 19 heavy (non-hydrogen) atoms. The van der Waals surface area contributed by atoms with Gasteiger partial charge in [0.2, 0.25) is 0 Å². The van der Waals surface area contributed by atoms with Gasteiger partial charge in [-0.1, -0.05) is 30.3 Å². The summed E-state index contributed by atoms with van der Waals surface area (Å²) in [4.78, 5) is 21.9. The molecule has 1 aromatic rings. The van der Waals surface area contributed by atoms with Crippen LogP contribution in [-0.4, -0.2) is 29.1 Å². The molecule has 1 unspecified atom stereocenters. The zero-order valence-electron chi connectivity index (χ0n) is 10.3. The highest BCUT2D eigenvalue weighted by molar-refractivity contribution is 6.18. The topological polar surface area (TPSA) is 75.6 Å². The summed E-state index contributed by atoms with van der Waals surface area (Å²) in [5, 5.41) is 11.1. The second-order valence-electron chi connectivity index (χ2n) is 3.99. The van der Waals surface area contributed by atoms with Crippen LogP contribution in [0.3, 0.4) is 0 Å². The van der Waals surface area contributed by atoms with E-state index in [2.05, 4.69) is 5.32 Å². The summed E-state index contributed by atoms with van der Waals surface area (Å²) in [6.07, 6.45) is -0.366. The van der Waals surface area contributed by atoms with Gasteiger partial charge in [0.1, 0.15) is 6.61 Å². The van der Waals surface area contributed by atoms with E-state index in [0.717, 1.165) is 5.56 Å². The van der Waals surface area contributed by atoms with E-state index in [1.807, 2.05) is 30.3 Å². The third-order valence-corrected chi connectivity index (χ3v) is 2.80. The molecule has 0 fully saturated rings. The van der Waals surface area contributed by atoms with Gasteiger partial charge in [-0.3, -0.25) is 4.79 Å². The monoisotopic (exact) mass is 285 g/mol. The third-order valence-electron chi connectivity index (χ3n) is 2.43. The van der Waals surface area contributed by atoms with Crippen LogP contribution in [0.25, 0.3) is 0 Å². The van der Waals surface area contributed by atoms with Crippen molar-refractivity contribution in [3.05, 3.63) is 35.9 Å². The highest BCUT2D eigenvalue weighted by atomic mass is 35.5. The van der Waals surface area contributed by atoms with E-state index in [1.54, 1.807) is 0 Å². The first-order valence-electron chi connectivity index (χ1n) is 5.86. The van der Waals surface area contributed by atoms with Crippen molar-refractivity contribution in [2.75, 3.05) is 5.88 Å². The predicted molar refractivity (Wildman–Crippen MR) is 71.1 cm³/mol. The van der Waals surface area contributed by atoms with Crippen molar-refractivity contribution in [2.24, 2.45) is 0 Å². The van der Waals surface area contributed by atoms with Crippen molar-refractivity contribution in [3.8, 4) is 0 Å². The molecule has 104 valence electrons. The number of carboxylic acids is 1. The van der Waals surface area contributed by atoms with Crippen molar-refractivity contribution < 1.29 is 19.4 Å². The number of hydrogen-bond acceptors (Lipinski definition) is 3. The van der Waals surface area contributed by atoms with Crippen LogP contribution in [0, 0.1) is 0 Å². The number of amides is 1. The SMILES string of the molecule is O=C(O)CCC(CCl)NC(=O)OCc1ccccc1. The minimum Gasteiger partial charge on any atom is -0.481 e. The number of carbonyl (C=O) groups is 2. The minimum absolute atomic E-state index is 0.0453. The van der Waals surface area contributed by atoms with Gasteiger partial charge in [0.25, 0.3) is 0 Å². The van der Waals surface area contributed by atoms with Crippen LogP contribution in [-0.2, 0) is 16.1 Å². The molecule has 1 aromatic carbocycles. The second-order valence-corrected chi connectivity index (χ2v) is 4.30. The minimum atomic E-state index is -0.922. The van der Waals surface area contributed by atoms with E-state index in [-0.39, 0.29) is 25.3 Å². The summed E-state index contributed by atoms with van der Waals surface area (Å²) in [5.74, 6) is -0.775. The molecule has 1 atom stereocenters. The van der Waals surface area contributed by atoms with Crippen LogP contribution in [0.15, 0.2) is 30.3 Å². The van der Waals surface area contributed by atoms with Crippen LogP contribution < -0.4 is 5.32 Å². The highest BCUT2D eigenvalue weighted by Crippen LogP contribution is 2.03. The summed E-state index contributed by atoms with van der Waals surface area (Å²) in [5.41, 5.74) is 0.880. The average Bonchev–Trinajstić information content (AvgIpc) is 2.42. The quantitative estimate of drug-likeness (QED) is 0.754. The number of rotatable bonds is 7. The molecule has 2 N–H and O–H groups in total. The zero-order chi connectivity index (χ0) is 14.1. The van der Waals surface area contributed by atoms with Crippen molar-refractivity contribution in [1.82, 2.24) is 5.32 Å². The molecule has 0 aromatic heterocycles. The fraction of sp³-hybridized carbons (Fsp3) is 0.385. The number of halogens is 1. The Morgan fingerprint density at radius 3 is 2.58 bits per heavy atom. The molecule has 0 saturated carbocycles. The Labute approximate surface area is 116 Å². The Hall–Kier alpha value is -1.75. The van der Waals surface area contributed by atoms with Gasteiger partial charge >= 0.3 is 12.1 Å². The molecule has 0 aliphatic heterocycles. The van der Waals surface area contributed by atoms with E-state index in [1.165, 1.54) is 0 Å². The molecular formula is C13H16ClNO4. The maximum absolute atomic E-state index is 11.5. The molecule has 1 rings (SSSR count). The van der Waals surface area contributed by atoms with Gasteiger partial charge in [0.05, 0.1) is 0 Å². The molecule has 0 saturated heterocycles. The fourth-order valence-corrected chi connectivity index (χ4v) is 1.65. The number of carboxylic acid groups (broad SMARTS) is 1. The summed E-state index contributed by atoms with van der Waals surface area (Å²) in [7, 11) is 0. The Morgan fingerprint density at radius 2 is 2.00 bits per heavy atom. The van der Waals surface area contributed by atoms with Gasteiger partial charge in [-0.15, -0.1) is 11.6 Å². The summed E-state index contributed by atoms with van der Waals surface area (Å²) in [6, 6.07) is 8.86. The predicted octanol–water partition coefficient (Wildman–Crippen LogP) is 2.39. The van der Waals surface area contributed by atoms with Gasteiger partial charge in [0, 0.05) is 18.3 Å². The lowest BCUT2D eigenvalue weighted by Gasteiger charge is -2.15. The van der Waals surface area contributed by atoms with E-state index < -0.39 is 18.1 Å². The lowest BCUT2D eigenvalue weighted by Crippen LogP contribution is -2.36. The van der Waals surface area contributed by atoms with E-state index in [4.69, 9.17) is 21.4 Å². The van der Waals surface area contributed by atoms with Crippen LogP contribution in [0.1, 0.15) is 18.4 Å². The average molecular weight is 286 g/mol. The second kappa shape index (κ2) is 8.37. The largest absolute Gasteiger partial charge is 0.481 e. The van der Waals surface area contributed by atoms with Crippen LogP contribution >= 0.6 is 11.6 Å². The summed E-state index contributed by atoms with van der Waals surface area (Å²) < 4.78 is 5.01. The van der Waals surface area contributed by atoms with Crippen LogP contribution in [0.4, 0.5) is 4.79 Å². The lowest BCUT2D eigenvalue weighted by atomic mass is 10.2. The summed E-state index contributed by atoms with van der Waals surface area (Å²) in [6.45, 7) is 0.167.